The first-order chi connectivity index (χ1) is 15.1. The van der Waals surface area contributed by atoms with Gasteiger partial charge in [-0.15, -0.1) is 0 Å². The first-order valence-electron chi connectivity index (χ1n) is 10.5. The highest BCUT2D eigenvalue weighted by molar-refractivity contribution is 5.95. The third-order valence-electron chi connectivity index (χ3n) is 5.74. The zero-order valence-corrected chi connectivity index (χ0v) is 18.2. The number of rotatable bonds is 5. The number of amides is 1. The van der Waals surface area contributed by atoms with E-state index in [2.05, 4.69) is 21.2 Å². The van der Waals surface area contributed by atoms with Crippen molar-refractivity contribution in [3.05, 3.63) is 59.7 Å². The number of carbonyl (C=O) groups is 1. The summed E-state index contributed by atoms with van der Waals surface area (Å²) in [7, 11) is 3.29. The number of carbonyl (C=O) groups excluding carboxylic acids is 1. The largest absolute Gasteiger partial charge is 0.497 e. The molecule has 0 bridgehead atoms. The summed E-state index contributed by atoms with van der Waals surface area (Å²) in [4.78, 5) is 17.3. The summed E-state index contributed by atoms with van der Waals surface area (Å²) in [6, 6.07) is 15.6. The van der Waals surface area contributed by atoms with E-state index in [0.29, 0.717) is 6.54 Å². The van der Waals surface area contributed by atoms with Crippen molar-refractivity contribution in [2.24, 2.45) is 0 Å². The number of nitrogens with zero attached hydrogens (tertiary/aromatic N) is 3. The van der Waals surface area contributed by atoms with E-state index in [9.17, 15) is 4.79 Å². The quantitative estimate of drug-likeness (QED) is 0.681. The highest BCUT2D eigenvalue weighted by atomic mass is 16.5. The molecular formula is C24H28N4O3. The number of methoxy groups -OCH3 is 2. The maximum Gasteiger partial charge on any atom is 0.254 e. The van der Waals surface area contributed by atoms with Crippen molar-refractivity contribution in [3.8, 4) is 22.8 Å². The molecule has 7 heteroatoms. The molecule has 1 saturated heterocycles. The van der Waals surface area contributed by atoms with E-state index in [1.54, 1.807) is 14.2 Å². The molecule has 0 unspecified atom stereocenters. The van der Waals surface area contributed by atoms with Gasteiger partial charge in [0.05, 0.1) is 19.9 Å². The maximum atomic E-state index is 13.1. The van der Waals surface area contributed by atoms with Crippen molar-refractivity contribution in [2.45, 2.75) is 13.3 Å². The van der Waals surface area contributed by atoms with Gasteiger partial charge in [-0.2, -0.15) is 5.10 Å². The molecule has 7 nitrogen and oxygen atoms in total. The predicted molar refractivity (Wildman–Crippen MR) is 121 cm³/mol. The summed E-state index contributed by atoms with van der Waals surface area (Å²) in [5.74, 6) is 2.57. The third kappa shape index (κ3) is 4.50. The van der Waals surface area contributed by atoms with Gasteiger partial charge < -0.3 is 19.3 Å². The lowest BCUT2D eigenvalue weighted by Gasteiger charge is -2.22. The summed E-state index contributed by atoms with van der Waals surface area (Å²) in [5.41, 5.74) is 3.68. The minimum Gasteiger partial charge on any atom is -0.497 e. The first kappa shape index (κ1) is 20.8. The van der Waals surface area contributed by atoms with E-state index in [0.717, 1.165) is 65.8 Å². The zero-order valence-electron chi connectivity index (χ0n) is 18.2. The van der Waals surface area contributed by atoms with E-state index < -0.39 is 0 Å². The molecule has 2 aromatic carbocycles. The van der Waals surface area contributed by atoms with Crippen LogP contribution in [0.25, 0.3) is 11.3 Å². The van der Waals surface area contributed by atoms with Crippen LogP contribution in [0.1, 0.15) is 22.3 Å². The summed E-state index contributed by atoms with van der Waals surface area (Å²) in [5, 5.41) is 7.64. The van der Waals surface area contributed by atoms with Gasteiger partial charge in [0, 0.05) is 37.8 Å². The van der Waals surface area contributed by atoms with Crippen molar-refractivity contribution in [3.63, 3.8) is 0 Å². The van der Waals surface area contributed by atoms with E-state index >= 15 is 0 Å². The van der Waals surface area contributed by atoms with Gasteiger partial charge in [0.2, 0.25) is 0 Å². The highest BCUT2D eigenvalue weighted by Crippen LogP contribution is 2.25. The Morgan fingerprint density at radius 3 is 2.39 bits per heavy atom. The molecule has 1 fully saturated rings. The van der Waals surface area contributed by atoms with Crippen LogP contribution >= 0.6 is 0 Å². The average molecular weight is 421 g/mol. The molecule has 0 radical (unpaired) electrons. The SMILES string of the molecule is COc1ccc(-c2cc(N3CCCN(C(=O)c4ccc(OC)cc4C)CC3)n[nH]2)cc1. The van der Waals surface area contributed by atoms with Gasteiger partial charge in [-0.05, 0) is 66.9 Å². The van der Waals surface area contributed by atoms with Gasteiger partial charge in [0.1, 0.15) is 11.5 Å². The van der Waals surface area contributed by atoms with Gasteiger partial charge in [-0.25, -0.2) is 0 Å². The Labute approximate surface area is 182 Å². The number of benzene rings is 2. The molecule has 1 amide bonds. The Hall–Kier alpha value is -3.48. The average Bonchev–Trinajstić information content (AvgIpc) is 3.16. The Bertz CT molecular complexity index is 1050. The number of aromatic nitrogens is 2. The third-order valence-corrected chi connectivity index (χ3v) is 5.74. The Kier molecular flexibility index (Phi) is 6.11. The summed E-state index contributed by atoms with van der Waals surface area (Å²) < 4.78 is 10.5. The lowest BCUT2D eigenvalue weighted by Crippen LogP contribution is -2.35. The highest BCUT2D eigenvalue weighted by Gasteiger charge is 2.23. The van der Waals surface area contributed by atoms with Gasteiger partial charge in [-0.3, -0.25) is 9.89 Å². The van der Waals surface area contributed by atoms with Crippen LogP contribution in [0.15, 0.2) is 48.5 Å². The molecule has 1 aromatic heterocycles. The number of nitrogens with one attached hydrogen (secondary N) is 1. The number of anilines is 1. The Morgan fingerprint density at radius 1 is 0.935 bits per heavy atom. The molecule has 4 rings (SSSR count). The second-order valence-electron chi connectivity index (χ2n) is 7.68. The zero-order chi connectivity index (χ0) is 21.8. The van der Waals surface area contributed by atoms with E-state index in [-0.39, 0.29) is 5.91 Å². The minimum atomic E-state index is 0.0722. The number of ether oxygens (including phenoxy) is 2. The van der Waals surface area contributed by atoms with Crippen molar-refractivity contribution in [2.75, 3.05) is 45.3 Å². The molecule has 0 saturated carbocycles. The Balaban J connectivity index is 1.43. The number of hydrogen-bond donors (Lipinski definition) is 1. The van der Waals surface area contributed by atoms with Crippen molar-refractivity contribution < 1.29 is 14.3 Å². The maximum absolute atomic E-state index is 13.1. The molecule has 1 aliphatic heterocycles. The van der Waals surface area contributed by atoms with Gasteiger partial charge in [0.15, 0.2) is 5.82 Å². The molecular weight excluding hydrogens is 392 g/mol. The second kappa shape index (κ2) is 9.12. The predicted octanol–water partition coefficient (Wildman–Crippen LogP) is 3.75. The molecule has 162 valence electrons. The standard InChI is InChI=1S/C24H28N4O3/c1-17-15-20(31-3)9-10-21(17)24(29)28-12-4-11-27(13-14-28)23-16-22(25-26-23)18-5-7-19(30-2)8-6-18/h5-10,15-16H,4,11-14H2,1-3H3,(H,25,26). The molecule has 0 aliphatic carbocycles. The van der Waals surface area contributed by atoms with Crippen LogP contribution in [0.2, 0.25) is 0 Å². The van der Waals surface area contributed by atoms with E-state index in [4.69, 9.17) is 9.47 Å². The smallest absolute Gasteiger partial charge is 0.254 e. The summed E-state index contributed by atoms with van der Waals surface area (Å²) >= 11 is 0. The summed E-state index contributed by atoms with van der Waals surface area (Å²) in [6.45, 7) is 4.95. The second-order valence-corrected chi connectivity index (χ2v) is 7.68. The van der Waals surface area contributed by atoms with Crippen LogP contribution in [0.4, 0.5) is 5.82 Å². The van der Waals surface area contributed by atoms with Crippen LogP contribution in [-0.2, 0) is 0 Å². The molecule has 0 atom stereocenters. The normalized spacial score (nSPS) is 14.3. The van der Waals surface area contributed by atoms with Gasteiger partial charge in [0.25, 0.3) is 5.91 Å². The minimum absolute atomic E-state index is 0.0722. The molecule has 3 aromatic rings. The van der Waals surface area contributed by atoms with E-state index in [1.807, 2.05) is 54.3 Å². The topological polar surface area (TPSA) is 70.7 Å². The van der Waals surface area contributed by atoms with Crippen molar-refractivity contribution in [1.82, 2.24) is 15.1 Å². The summed E-state index contributed by atoms with van der Waals surface area (Å²) in [6.07, 6.45) is 0.895. The lowest BCUT2D eigenvalue weighted by molar-refractivity contribution is 0.0766. The fraction of sp³-hybridized carbons (Fsp3) is 0.333. The fourth-order valence-electron chi connectivity index (χ4n) is 3.91. The molecule has 31 heavy (non-hydrogen) atoms. The van der Waals surface area contributed by atoms with Crippen LogP contribution < -0.4 is 14.4 Å². The lowest BCUT2D eigenvalue weighted by atomic mass is 10.1. The van der Waals surface area contributed by atoms with Gasteiger partial charge >= 0.3 is 0 Å². The van der Waals surface area contributed by atoms with Crippen LogP contribution in [0.5, 0.6) is 11.5 Å². The van der Waals surface area contributed by atoms with Gasteiger partial charge in [-0.1, -0.05) is 0 Å². The molecule has 1 N–H and O–H groups in total. The monoisotopic (exact) mass is 420 g/mol. The van der Waals surface area contributed by atoms with Crippen molar-refractivity contribution >= 4 is 11.7 Å². The number of aromatic amines is 1. The Morgan fingerprint density at radius 2 is 1.68 bits per heavy atom. The number of H-pyrrole nitrogens is 1. The number of hydrogen-bond acceptors (Lipinski definition) is 5. The van der Waals surface area contributed by atoms with Crippen LogP contribution in [0, 0.1) is 6.92 Å². The van der Waals surface area contributed by atoms with Crippen LogP contribution in [0.3, 0.4) is 0 Å². The first-order valence-corrected chi connectivity index (χ1v) is 10.5. The number of aryl methyl sites for hydroxylation is 1. The van der Waals surface area contributed by atoms with Crippen molar-refractivity contribution in [1.29, 1.82) is 0 Å². The molecule has 2 heterocycles. The molecule has 0 spiro atoms. The fourth-order valence-corrected chi connectivity index (χ4v) is 3.91. The van der Waals surface area contributed by atoms with E-state index in [1.165, 1.54) is 0 Å². The molecule has 1 aliphatic rings. The van der Waals surface area contributed by atoms with Crippen LogP contribution in [-0.4, -0.2) is 61.4 Å².